The lowest BCUT2D eigenvalue weighted by atomic mass is 10.3. The zero-order valence-corrected chi connectivity index (χ0v) is 8.93. The van der Waals surface area contributed by atoms with Gasteiger partial charge in [0.2, 0.25) is 0 Å². The molecule has 0 aliphatic rings. The second-order valence-corrected chi connectivity index (χ2v) is 8.55. The van der Waals surface area contributed by atoms with Crippen LogP contribution in [0.1, 0.15) is 11.3 Å². The van der Waals surface area contributed by atoms with Crippen molar-refractivity contribution in [3.8, 4) is 11.5 Å². The van der Waals surface area contributed by atoms with Crippen LogP contribution in [0.4, 0.5) is 0 Å². The van der Waals surface area contributed by atoms with Gasteiger partial charge in [-0.1, -0.05) is 30.7 Å². The Morgan fingerprint density at radius 2 is 2.08 bits per heavy atom. The van der Waals surface area contributed by atoms with Crippen LogP contribution < -0.4 is 0 Å². The van der Waals surface area contributed by atoms with Gasteiger partial charge in [0, 0.05) is 0 Å². The van der Waals surface area contributed by atoms with E-state index < -0.39 is 8.07 Å². The van der Waals surface area contributed by atoms with Gasteiger partial charge in [-0.25, -0.2) is 0 Å². The highest BCUT2D eigenvalue weighted by molar-refractivity contribution is 6.83. The van der Waals surface area contributed by atoms with Gasteiger partial charge in [0.25, 0.3) is 0 Å². The summed E-state index contributed by atoms with van der Waals surface area (Å²) in [5.41, 5.74) is 4.17. The molecular formula is C9H13NOSi. The van der Waals surface area contributed by atoms with Crippen LogP contribution in [0, 0.1) is 18.4 Å². The topological polar surface area (TPSA) is 26.0 Å². The lowest BCUT2D eigenvalue weighted by molar-refractivity contribution is 0.397. The third-order valence-corrected chi connectivity index (χ3v) is 2.20. The highest BCUT2D eigenvalue weighted by Gasteiger charge is 2.08. The molecule has 1 rings (SSSR count). The van der Waals surface area contributed by atoms with Crippen molar-refractivity contribution in [3.63, 3.8) is 0 Å². The van der Waals surface area contributed by atoms with E-state index in [9.17, 15) is 0 Å². The summed E-state index contributed by atoms with van der Waals surface area (Å²) in [5, 5.41) is 3.66. The van der Waals surface area contributed by atoms with E-state index in [1.165, 1.54) is 0 Å². The smallest absolute Gasteiger partial charge is 0.149 e. The maximum absolute atomic E-state index is 4.89. The van der Waals surface area contributed by atoms with Crippen molar-refractivity contribution in [2.45, 2.75) is 26.6 Å². The van der Waals surface area contributed by atoms with Gasteiger partial charge in [-0.2, -0.15) is 0 Å². The van der Waals surface area contributed by atoms with E-state index in [2.05, 4.69) is 36.3 Å². The molecule has 0 N–H and O–H groups in total. The zero-order valence-electron chi connectivity index (χ0n) is 7.93. The SMILES string of the molecule is Cc1oncc1C#C[Si](C)(C)C. The molecule has 0 bridgehead atoms. The van der Waals surface area contributed by atoms with E-state index in [1.807, 2.05) is 6.92 Å². The van der Waals surface area contributed by atoms with Crippen LogP contribution in [0.25, 0.3) is 0 Å². The second kappa shape index (κ2) is 3.16. The standard InChI is InChI=1S/C9H13NOSi/c1-8-9(7-10-11-8)5-6-12(2,3)4/h7H,1-4H3. The van der Waals surface area contributed by atoms with Crippen molar-refractivity contribution < 1.29 is 4.52 Å². The highest BCUT2D eigenvalue weighted by Crippen LogP contribution is 2.04. The average Bonchev–Trinajstić information content (AvgIpc) is 2.29. The van der Waals surface area contributed by atoms with Gasteiger partial charge < -0.3 is 4.52 Å². The predicted octanol–water partition coefficient (Wildman–Crippen LogP) is 2.21. The summed E-state index contributed by atoms with van der Waals surface area (Å²) in [6.07, 6.45) is 1.67. The van der Waals surface area contributed by atoms with E-state index in [1.54, 1.807) is 6.20 Å². The first-order valence-corrected chi connectivity index (χ1v) is 7.43. The molecule has 1 aromatic rings. The largest absolute Gasteiger partial charge is 0.360 e. The fourth-order valence-corrected chi connectivity index (χ4v) is 1.18. The Morgan fingerprint density at radius 1 is 1.42 bits per heavy atom. The van der Waals surface area contributed by atoms with E-state index >= 15 is 0 Å². The van der Waals surface area contributed by atoms with Crippen LogP contribution in [0.15, 0.2) is 10.7 Å². The Labute approximate surface area is 74.0 Å². The Balaban J connectivity index is 2.87. The molecule has 0 saturated heterocycles. The molecule has 0 unspecified atom stereocenters. The van der Waals surface area contributed by atoms with Crippen LogP contribution in [-0.2, 0) is 0 Å². The van der Waals surface area contributed by atoms with Crippen molar-refractivity contribution in [3.05, 3.63) is 17.5 Å². The minimum Gasteiger partial charge on any atom is -0.360 e. The van der Waals surface area contributed by atoms with Crippen molar-refractivity contribution in [2.24, 2.45) is 0 Å². The molecule has 0 amide bonds. The molecular weight excluding hydrogens is 166 g/mol. The average molecular weight is 179 g/mol. The molecule has 0 aliphatic carbocycles. The minimum absolute atomic E-state index is 0.806. The number of aryl methyl sites for hydroxylation is 1. The summed E-state index contributed by atoms with van der Waals surface area (Å²) in [4.78, 5) is 0. The number of hydrogen-bond acceptors (Lipinski definition) is 2. The zero-order chi connectivity index (χ0) is 9.19. The number of rotatable bonds is 0. The fourth-order valence-electron chi connectivity index (χ4n) is 0.673. The lowest BCUT2D eigenvalue weighted by Crippen LogP contribution is -2.16. The molecule has 1 heterocycles. The molecule has 0 radical (unpaired) electrons. The van der Waals surface area contributed by atoms with E-state index in [4.69, 9.17) is 4.52 Å². The predicted molar refractivity (Wildman–Crippen MR) is 51.5 cm³/mol. The normalized spacial score (nSPS) is 10.7. The molecule has 0 spiro atoms. The maximum atomic E-state index is 4.89. The van der Waals surface area contributed by atoms with Crippen LogP contribution in [0.3, 0.4) is 0 Å². The Morgan fingerprint density at radius 3 is 2.50 bits per heavy atom. The summed E-state index contributed by atoms with van der Waals surface area (Å²) < 4.78 is 4.89. The first-order valence-electron chi connectivity index (χ1n) is 3.93. The monoisotopic (exact) mass is 179 g/mol. The summed E-state index contributed by atoms with van der Waals surface area (Å²) in [5.74, 6) is 3.89. The first kappa shape index (κ1) is 9.08. The third kappa shape index (κ3) is 2.55. The number of hydrogen-bond donors (Lipinski definition) is 0. The summed E-state index contributed by atoms with van der Waals surface area (Å²) in [6.45, 7) is 8.51. The van der Waals surface area contributed by atoms with Gasteiger partial charge in [-0.05, 0) is 6.92 Å². The van der Waals surface area contributed by atoms with Gasteiger partial charge in [-0.3, -0.25) is 0 Å². The van der Waals surface area contributed by atoms with Crippen molar-refractivity contribution in [2.75, 3.05) is 0 Å². The molecule has 2 nitrogen and oxygen atoms in total. The fraction of sp³-hybridized carbons (Fsp3) is 0.444. The third-order valence-electron chi connectivity index (χ3n) is 1.32. The van der Waals surface area contributed by atoms with Crippen molar-refractivity contribution in [1.82, 2.24) is 5.16 Å². The highest BCUT2D eigenvalue weighted by atomic mass is 28.3. The van der Waals surface area contributed by atoms with Crippen LogP contribution in [-0.4, -0.2) is 13.2 Å². The molecule has 0 saturated carbocycles. The molecule has 0 fully saturated rings. The van der Waals surface area contributed by atoms with Crippen molar-refractivity contribution >= 4 is 8.07 Å². The van der Waals surface area contributed by atoms with Gasteiger partial charge in [0.15, 0.2) is 0 Å². The number of aromatic nitrogens is 1. The molecule has 3 heteroatoms. The molecule has 1 aromatic heterocycles. The molecule has 64 valence electrons. The van der Waals surface area contributed by atoms with E-state index in [0.717, 1.165) is 11.3 Å². The summed E-state index contributed by atoms with van der Waals surface area (Å²) >= 11 is 0. The van der Waals surface area contributed by atoms with Crippen LogP contribution in [0.2, 0.25) is 19.6 Å². The van der Waals surface area contributed by atoms with Gasteiger partial charge in [0.05, 0.1) is 11.8 Å². The molecule has 0 aromatic carbocycles. The maximum Gasteiger partial charge on any atom is 0.149 e. The Hall–Kier alpha value is -1.01. The molecule has 0 aliphatic heterocycles. The Kier molecular flexibility index (Phi) is 2.39. The van der Waals surface area contributed by atoms with Gasteiger partial charge in [0.1, 0.15) is 13.8 Å². The Bertz CT molecular complexity index is 324. The minimum atomic E-state index is -1.27. The van der Waals surface area contributed by atoms with Crippen molar-refractivity contribution in [1.29, 1.82) is 0 Å². The summed E-state index contributed by atoms with van der Waals surface area (Å²) in [7, 11) is -1.27. The van der Waals surface area contributed by atoms with E-state index in [0.29, 0.717) is 0 Å². The quantitative estimate of drug-likeness (QED) is 0.451. The lowest BCUT2D eigenvalue weighted by Gasteiger charge is -2.02. The van der Waals surface area contributed by atoms with E-state index in [-0.39, 0.29) is 0 Å². The van der Waals surface area contributed by atoms with Gasteiger partial charge >= 0.3 is 0 Å². The number of nitrogens with zero attached hydrogens (tertiary/aromatic N) is 1. The van der Waals surface area contributed by atoms with Gasteiger partial charge in [-0.15, -0.1) is 5.54 Å². The molecule has 0 atom stereocenters. The summed E-state index contributed by atoms with van der Waals surface area (Å²) in [6, 6.07) is 0. The van der Waals surface area contributed by atoms with Crippen LogP contribution >= 0.6 is 0 Å². The molecule has 12 heavy (non-hydrogen) atoms. The first-order chi connectivity index (χ1) is 5.49. The second-order valence-electron chi connectivity index (χ2n) is 3.80. The van der Waals surface area contributed by atoms with Crippen LogP contribution in [0.5, 0.6) is 0 Å².